The van der Waals surface area contributed by atoms with E-state index in [0.29, 0.717) is 4.31 Å². The molecule has 0 aromatic heterocycles. The van der Waals surface area contributed by atoms with Gasteiger partial charge in [-0.05, 0) is 20.8 Å². The third-order valence-corrected chi connectivity index (χ3v) is 3.35. The van der Waals surface area contributed by atoms with Gasteiger partial charge in [-0.2, -0.15) is 17.4 Å². The van der Waals surface area contributed by atoms with Gasteiger partial charge in [0.05, 0.1) is 13.2 Å². The van der Waals surface area contributed by atoms with Crippen molar-refractivity contribution >= 4 is 10.2 Å². The maximum absolute atomic E-state index is 12.2. The predicted molar refractivity (Wildman–Crippen MR) is 56.5 cm³/mol. The highest BCUT2D eigenvalue weighted by atomic mass is 32.2. The molecule has 0 rings (SSSR count). The summed E-state index contributed by atoms with van der Waals surface area (Å²) in [7, 11) is -3.99. The molecule has 0 saturated carbocycles. The minimum Gasteiger partial charge on any atom is -0.395 e. The normalized spacial score (nSPS) is 13.8. The smallest absolute Gasteiger partial charge is 0.280 e. The molecule has 0 aliphatic heterocycles. The van der Waals surface area contributed by atoms with Crippen LogP contribution in [0.3, 0.4) is 0 Å². The minimum absolute atomic E-state index is 0.351. The van der Waals surface area contributed by atoms with E-state index in [1.807, 2.05) is 0 Å². The molecule has 0 spiro atoms. The van der Waals surface area contributed by atoms with E-state index in [1.54, 1.807) is 20.8 Å². The Morgan fingerprint density at radius 1 is 1.38 bits per heavy atom. The molecule has 0 bridgehead atoms. The molecule has 0 saturated heterocycles. The second kappa shape index (κ2) is 5.85. The second-order valence-corrected chi connectivity index (χ2v) is 6.00. The Labute approximate surface area is 94.6 Å². The maximum atomic E-state index is 12.2. The third kappa shape index (κ3) is 6.31. The number of hydrogen-bond donors (Lipinski definition) is 2. The van der Waals surface area contributed by atoms with E-state index in [9.17, 15) is 17.2 Å². The highest BCUT2D eigenvalue weighted by Crippen LogP contribution is 2.08. The van der Waals surface area contributed by atoms with Gasteiger partial charge in [0.25, 0.3) is 16.6 Å². The van der Waals surface area contributed by atoms with Crippen LogP contribution in [0.25, 0.3) is 0 Å². The summed E-state index contributed by atoms with van der Waals surface area (Å²) in [4.78, 5) is 0. The molecule has 0 fully saturated rings. The van der Waals surface area contributed by atoms with Crippen LogP contribution in [0, 0.1) is 0 Å². The Bertz CT molecular complexity index is 301. The topological polar surface area (TPSA) is 69.6 Å². The second-order valence-electron chi connectivity index (χ2n) is 4.33. The molecule has 0 radical (unpaired) electrons. The van der Waals surface area contributed by atoms with Gasteiger partial charge in [0.15, 0.2) is 0 Å². The summed E-state index contributed by atoms with van der Waals surface area (Å²) in [5.41, 5.74) is -0.755. The Morgan fingerprint density at radius 2 is 1.88 bits per heavy atom. The summed E-state index contributed by atoms with van der Waals surface area (Å²) >= 11 is 0. The fourth-order valence-corrected chi connectivity index (χ4v) is 2.56. The molecule has 0 aliphatic carbocycles. The van der Waals surface area contributed by atoms with Crippen LogP contribution < -0.4 is 4.72 Å². The van der Waals surface area contributed by atoms with Gasteiger partial charge < -0.3 is 5.11 Å². The van der Waals surface area contributed by atoms with Gasteiger partial charge in [0.1, 0.15) is 0 Å². The summed E-state index contributed by atoms with van der Waals surface area (Å²) < 4.78 is 50.4. The van der Waals surface area contributed by atoms with Gasteiger partial charge in [-0.1, -0.05) is 0 Å². The largest absolute Gasteiger partial charge is 0.395 e. The van der Waals surface area contributed by atoms with Crippen molar-refractivity contribution < 1.29 is 22.3 Å². The molecule has 0 aliphatic rings. The lowest BCUT2D eigenvalue weighted by atomic mass is 10.1. The average molecular weight is 260 g/mol. The van der Waals surface area contributed by atoms with Crippen LogP contribution in [-0.2, 0) is 10.2 Å². The van der Waals surface area contributed by atoms with Crippen LogP contribution >= 0.6 is 0 Å². The van der Waals surface area contributed by atoms with E-state index < -0.39 is 35.3 Å². The number of nitrogens with zero attached hydrogens (tertiary/aromatic N) is 1. The highest BCUT2D eigenvalue weighted by Gasteiger charge is 2.28. The van der Waals surface area contributed by atoms with Crippen LogP contribution in [0.1, 0.15) is 20.8 Å². The summed E-state index contributed by atoms with van der Waals surface area (Å²) in [5.74, 6) is 0. The van der Waals surface area contributed by atoms with E-state index in [-0.39, 0.29) is 6.54 Å². The van der Waals surface area contributed by atoms with Gasteiger partial charge in [0, 0.05) is 12.1 Å². The standard InChI is InChI=1S/C8H18F2N2O3S/c1-8(2,3)11-16(14,15)12(4-5-13)6-7(9)10/h7,11,13H,4-6H2,1-3H3. The van der Waals surface area contributed by atoms with E-state index in [2.05, 4.69) is 4.72 Å². The third-order valence-electron chi connectivity index (χ3n) is 1.47. The van der Waals surface area contributed by atoms with E-state index in [0.717, 1.165) is 0 Å². The van der Waals surface area contributed by atoms with Crippen molar-refractivity contribution in [2.45, 2.75) is 32.7 Å². The first-order chi connectivity index (χ1) is 7.08. The van der Waals surface area contributed by atoms with E-state index in [4.69, 9.17) is 5.11 Å². The summed E-state index contributed by atoms with van der Waals surface area (Å²) in [6.45, 7) is 3.03. The van der Waals surface area contributed by atoms with Crippen LogP contribution in [0.2, 0.25) is 0 Å². The number of rotatable bonds is 6. The number of aliphatic hydroxyl groups excluding tert-OH is 1. The average Bonchev–Trinajstić information content (AvgIpc) is 1.97. The lowest BCUT2D eigenvalue weighted by molar-refractivity contribution is 0.112. The molecule has 0 amide bonds. The molecule has 0 aromatic rings. The fourth-order valence-electron chi connectivity index (χ4n) is 1.03. The molecule has 0 aromatic carbocycles. The summed E-state index contributed by atoms with van der Waals surface area (Å²) in [6.07, 6.45) is -2.77. The SMILES string of the molecule is CC(C)(C)NS(=O)(=O)N(CCO)CC(F)F. The minimum atomic E-state index is -3.99. The van der Waals surface area contributed by atoms with Crippen molar-refractivity contribution in [3.63, 3.8) is 0 Å². The molecular formula is C8H18F2N2O3S. The molecule has 2 N–H and O–H groups in total. The molecule has 98 valence electrons. The molecule has 16 heavy (non-hydrogen) atoms. The number of aliphatic hydroxyl groups is 1. The Morgan fingerprint density at radius 3 is 2.19 bits per heavy atom. The first-order valence-corrected chi connectivity index (χ1v) is 6.20. The number of hydrogen-bond acceptors (Lipinski definition) is 3. The maximum Gasteiger partial charge on any atom is 0.280 e. The number of halogens is 2. The monoisotopic (exact) mass is 260 g/mol. The highest BCUT2D eigenvalue weighted by molar-refractivity contribution is 7.87. The van der Waals surface area contributed by atoms with Crippen LogP contribution in [0.4, 0.5) is 8.78 Å². The first-order valence-electron chi connectivity index (χ1n) is 4.76. The van der Waals surface area contributed by atoms with Crippen LogP contribution in [-0.4, -0.2) is 49.5 Å². The Kier molecular flexibility index (Phi) is 5.74. The molecule has 5 nitrogen and oxygen atoms in total. The van der Waals surface area contributed by atoms with Crippen LogP contribution in [0.15, 0.2) is 0 Å². The molecule has 0 atom stereocenters. The quantitative estimate of drug-likeness (QED) is 0.715. The van der Waals surface area contributed by atoms with Crippen molar-refractivity contribution in [1.82, 2.24) is 9.03 Å². The van der Waals surface area contributed by atoms with Gasteiger partial charge in [0.2, 0.25) is 0 Å². The van der Waals surface area contributed by atoms with Crippen molar-refractivity contribution in [2.75, 3.05) is 19.7 Å². The number of alkyl halides is 2. The Balaban J connectivity index is 4.76. The zero-order valence-corrected chi connectivity index (χ0v) is 10.4. The van der Waals surface area contributed by atoms with Crippen molar-refractivity contribution in [2.24, 2.45) is 0 Å². The van der Waals surface area contributed by atoms with E-state index in [1.165, 1.54) is 0 Å². The summed E-state index contributed by atoms with van der Waals surface area (Å²) in [5, 5.41) is 8.63. The zero-order valence-electron chi connectivity index (χ0n) is 9.57. The molecule has 8 heteroatoms. The zero-order chi connectivity index (χ0) is 13.0. The summed E-state index contributed by atoms with van der Waals surface area (Å²) in [6, 6.07) is 0. The molecular weight excluding hydrogens is 242 g/mol. The molecule has 0 heterocycles. The van der Waals surface area contributed by atoms with Crippen molar-refractivity contribution in [3.05, 3.63) is 0 Å². The van der Waals surface area contributed by atoms with Crippen molar-refractivity contribution in [3.8, 4) is 0 Å². The Hall–Kier alpha value is -0.310. The van der Waals surface area contributed by atoms with Gasteiger partial charge in [-0.3, -0.25) is 0 Å². The fraction of sp³-hybridized carbons (Fsp3) is 1.00. The van der Waals surface area contributed by atoms with Crippen molar-refractivity contribution in [1.29, 1.82) is 0 Å². The first kappa shape index (κ1) is 15.7. The van der Waals surface area contributed by atoms with Crippen LogP contribution in [0.5, 0.6) is 0 Å². The number of nitrogens with one attached hydrogen (secondary N) is 1. The van der Waals surface area contributed by atoms with E-state index >= 15 is 0 Å². The van der Waals surface area contributed by atoms with Gasteiger partial charge in [-0.15, -0.1) is 0 Å². The predicted octanol–water partition coefficient (Wildman–Crippen LogP) is 0.179. The lowest BCUT2D eigenvalue weighted by Gasteiger charge is -2.27. The molecule has 0 unspecified atom stereocenters. The lowest BCUT2D eigenvalue weighted by Crippen LogP contribution is -2.50. The van der Waals surface area contributed by atoms with Gasteiger partial charge in [-0.25, -0.2) is 8.78 Å². The van der Waals surface area contributed by atoms with Gasteiger partial charge >= 0.3 is 0 Å².